The number of anilines is 1. The van der Waals surface area contributed by atoms with Crippen molar-refractivity contribution < 1.29 is 13.3 Å². The van der Waals surface area contributed by atoms with Crippen molar-refractivity contribution in [3.63, 3.8) is 0 Å². The molecule has 0 aliphatic rings. The van der Waals surface area contributed by atoms with Crippen LogP contribution in [0.15, 0.2) is 53.4 Å². The summed E-state index contributed by atoms with van der Waals surface area (Å²) in [6.45, 7) is 2.58. The molecule has 0 aliphatic heterocycles. The topological polar surface area (TPSA) is 89.3 Å². The lowest BCUT2D eigenvalue weighted by atomic mass is 9.96. The second kappa shape index (κ2) is 7.44. The Bertz CT molecular complexity index is 820. The second-order valence-electron chi connectivity index (χ2n) is 5.60. The zero-order valence-corrected chi connectivity index (χ0v) is 14.4. The molecule has 0 unspecified atom stereocenters. The molecule has 24 heavy (non-hydrogen) atoms. The van der Waals surface area contributed by atoms with Crippen LogP contribution in [0.5, 0.6) is 0 Å². The van der Waals surface area contributed by atoms with E-state index in [-0.39, 0.29) is 16.5 Å². The Labute approximate surface area is 141 Å². The van der Waals surface area contributed by atoms with Gasteiger partial charge < -0.3 is 5.32 Å². The summed E-state index contributed by atoms with van der Waals surface area (Å²) >= 11 is 0. The highest BCUT2D eigenvalue weighted by Gasteiger charge is 2.19. The molecule has 0 heterocycles. The predicted molar refractivity (Wildman–Crippen MR) is 94.2 cm³/mol. The molecule has 1 N–H and O–H groups in total. The van der Waals surface area contributed by atoms with Gasteiger partial charge in [-0.1, -0.05) is 37.3 Å². The van der Waals surface area contributed by atoms with E-state index < -0.39 is 14.8 Å². The first-order valence-electron chi connectivity index (χ1n) is 7.60. The maximum atomic E-state index is 11.6. The largest absolute Gasteiger partial charge is 0.379 e. The van der Waals surface area contributed by atoms with E-state index >= 15 is 0 Å². The Hall–Kier alpha value is -2.41. The van der Waals surface area contributed by atoms with Crippen LogP contribution in [0, 0.1) is 10.1 Å². The van der Waals surface area contributed by atoms with Gasteiger partial charge in [0.1, 0.15) is 5.69 Å². The van der Waals surface area contributed by atoms with Gasteiger partial charge in [0.25, 0.3) is 5.69 Å². The third-order valence-corrected chi connectivity index (χ3v) is 5.01. The van der Waals surface area contributed by atoms with Gasteiger partial charge >= 0.3 is 0 Å². The van der Waals surface area contributed by atoms with Crippen LogP contribution in [0.4, 0.5) is 11.4 Å². The minimum atomic E-state index is -3.49. The Kier molecular flexibility index (Phi) is 5.56. The molecule has 0 aromatic heterocycles. The molecule has 0 bridgehead atoms. The van der Waals surface area contributed by atoms with Crippen LogP contribution in [0.3, 0.4) is 0 Å². The summed E-state index contributed by atoms with van der Waals surface area (Å²) in [7, 11) is -3.49. The van der Waals surface area contributed by atoms with E-state index in [0.717, 1.165) is 24.3 Å². The van der Waals surface area contributed by atoms with E-state index in [2.05, 4.69) is 12.2 Å². The fraction of sp³-hybridized carbons (Fsp3) is 0.294. The Morgan fingerprint density at radius 3 is 2.38 bits per heavy atom. The van der Waals surface area contributed by atoms with Gasteiger partial charge in [0.05, 0.1) is 9.82 Å². The molecule has 128 valence electrons. The highest BCUT2D eigenvalue weighted by molar-refractivity contribution is 7.90. The molecule has 7 heteroatoms. The highest BCUT2D eigenvalue weighted by atomic mass is 32.2. The quantitative estimate of drug-likeness (QED) is 0.610. The Balaban J connectivity index is 2.24. The van der Waals surface area contributed by atoms with Crippen LogP contribution < -0.4 is 5.32 Å². The number of rotatable bonds is 7. The van der Waals surface area contributed by atoms with Crippen LogP contribution in [0.2, 0.25) is 0 Å². The van der Waals surface area contributed by atoms with E-state index in [9.17, 15) is 18.5 Å². The number of nitrogens with one attached hydrogen (secondary N) is 1. The number of nitro benzene ring substituents is 1. The normalized spacial score (nSPS) is 12.6. The lowest BCUT2D eigenvalue weighted by Gasteiger charge is -2.17. The van der Waals surface area contributed by atoms with Gasteiger partial charge in [0.2, 0.25) is 0 Å². The van der Waals surface area contributed by atoms with E-state index in [4.69, 9.17) is 0 Å². The highest BCUT2D eigenvalue weighted by Crippen LogP contribution is 2.29. The molecule has 2 aromatic rings. The van der Waals surface area contributed by atoms with Gasteiger partial charge in [0.15, 0.2) is 9.84 Å². The fourth-order valence-electron chi connectivity index (χ4n) is 2.50. The van der Waals surface area contributed by atoms with Gasteiger partial charge in [-0.2, -0.15) is 0 Å². The van der Waals surface area contributed by atoms with Crippen LogP contribution >= 0.6 is 0 Å². The molecule has 0 amide bonds. The van der Waals surface area contributed by atoms with E-state index in [1.165, 1.54) is 12.1 Å². The van der Waals surface area contributed by atoms with Gasteiger partial charge in [-0.15, -0.1) is 0 Å². The Morgan fingerprint density at radius 1 is 1.17 bits per heavy atom. The molecule has 6 nitrogen and oxygen atoms in total. The molecule has 0 saturated carbocycles. The van der Waals surface area contributed by atoms with E-state index in [1.807, 2.05) is 30.3 Å². The van der Waals surface area contributed by atoms with E-state index in [0.29, 0.717) is 12.2 Å². The summed E-state index contributed by atoms with van der Waals surface area (Å²) in [6, 6.07) is 13.8. The van der Waals surface area contributed by atoms with Crippen molar-refractivity contribution in [2.75, 3.05) is 18.1 Å². The monoisotopic (exact) mass is 348 g/mol. The van der Waals surface area contributed by atoms with Crippen molar-refractivity contribution >= 4 is 21.2 Å². The summed E-state index contributed by atoms with van der Waals surface area (Å²) < 4.78 is 23.1. The standard InChI is InChI=1S/C17H20N2O4S/c1-3-13(14-7-5-4-6-8-14)12-18-16-10-9-15(24(2,22)23)11-17(16)19(20)21/h4-11,13,18H,3,12H2,1-2H3/t13-/m1/s1. The van der Waals surface area contributed by atoms with Crippen LogP contribution in [-0.2, 0) is 9.84 Å². The minimum absolute atomic E-state index is 0.0603. The molecule has 0 aliphatic carbocycles. The number of hydrogen-bond donors (Lipinski definition) is 1. The number of benzene rings is 2. The van der Waals surface area contributed by atoms with Gasteiger partial charge in [-0.25, -0.2) is 8.42 Å². The third-order valence-electron chi connectivity index (χ3n) is 3.90. The van der Waals surface area contributed by atoms with Crippen molar-refractivity contribution in [3.8, 4) is 0 Å². The smallest absolute Gasteiger partial charge is 0.293 e. The molecule has 2 aromatic carbocycles. The first-order valence-corrected chi connectivity index (χ1v) is 9.49. The van der Waals surface area contributed by atoms with E-state index in [1.54, 1.807) is 0 Å². The van der Waals surface area contributed by atoms with Crippen LogP contribution in [-0.4, -0.2) is 26.1 Å². The Morgan fingerprint density at radius 2 is 1.83 bits per heavy atom. The minimum Gasteiger partial charge on any atom is -0.379 e. The first-order chi connectivity index (χ1) is 11.3. The SMILES string of the molecule is CC[C@H](CNc1ccc(S(C)(=O)=O)cc1[N+](=O)[O-])c1ccccc1. The van der Waals surface area contributed by atoms with Crippen LogP contribution in [0.25, 0.3) is 0 Å². The average Bonchev–Trinajstić information content (AvgIpc) is 2.55. The van der Waals surface area contributed by atoms with Crippen molar-refractivity contribution in [1.82, 2.24) is 0 Å². The van der Waals surface area contributed by atoms with Crippen LogP contribution in [0.1, 0.15) is 24.8 Å². The number of hydrogen-bond acceptors (Lipinski definition) is 5. The maximum absolute atomic E-state index is 11.6. The first kappa shape index (κ1) is 17.9. The molecule has 0 saturated heterocycles. The summed E-state index contributed by atoms with van der Waals surface area (Å²) in [6.07, 6.45) is 1.91. The number of nitrogens with zero attached hydrogens (tertiary/aromatic N) is 1. The molecular weight excluding hydrogens is 328 g/mol. The number of sulfone groups is 1. The molecule has 0 spiro atoms. The molecule has 0 radical (unpaired) electrons. The van der Waals surface area contributed by atoms with Crippen molar-refractivity contribution in [1.29, 1.82) is 0 Å². The van der Waals surface area contributed by atoms with Crippen molar-refractivity contribution in [2.45, 2.75) is 24.2 Å². The molecule has 1 atom stereocenters. The lowest BCUT2D eigenvalue weighted by molar-refractivity contribution is -0.384. The summed E-state index contributed by atoms with van der Waals surface area (Å²) in [5.74, 6) is 0.209. The third kappa shape index (κ3) is 4.32. The fourth-order valence-corrected chi connectivity index (χ4v) is 3.14. The summed E-state index contributed by atoms with van der Waals surface area (Å²) in [5, 5.41) is 14.3. The second-order valence-corrected chi connectivity index (χ2v) is 7.62. The molecule has 0 fully saturated rings. The van der Waals surface area contributed by atoms with Crippen molar-refractivity contribution in [3.05, 3.63) is 64.2 Å². The number of nitro groups is 1. The van der Waals surface area contributed by atoms with Crippen molar-refractivity contribution in [2.24, 2.45) is 0 Å². The van der Waals surface area contributed by atoms with Gasteiger partial charge in [-0.3, -0.25) is 10.1 Å². The maximum Gasteiger partial charge on any atom is 0.293 e. The van der Waals surface area contributed by atoms with Gasteiger partial charge in [-0.05, 0) is 24.1 Å². The zero-order valence-electron chi connectivity index (χ0n) is 13.6. The predicted octanol–water partition coefficient (Wildman–Crippen LogP) is 3.60. The molecule has 2 rings (SSSR count). The lowest BCUT2D eigenvalue weighted by Crippen LogP contribution is -2.13. The summed E-state index contributed by atoms with van der Waals surface area (Å²) in [4.78, 5) is 10.6. The average molecular weight is 348 g/mol. The zero-order chi connectivity index (χ0) is 17.7. The van der Waals surface area contributed by atoms with Gasteiger partial charge in [0, 0.05) is 24.8 Å². The molecular formula is C17H20N2O4S. The summed E-state index contributed by atoms with van der Waals surface area (Å²) in [5.41, 5.74) is 1.24.